The average molecular weight is 461 g/mol. The SMILES string of the molecule is C[Si](C)[Si](C)([Si][Si](C)([Si](C)C)[Si](C)(C)C(C)(C)C)[Si](C)(C)C(C)(C)C. The molecule has 2 unspecified atom stereocenters. The number of hydrogen-bond donors (Lipinski definition) is 0. The van der Waals surface area contributed by atoms with Crippen molar-refractivity contribution in [2.45, 2.75) is 117 Å². The second kappa shape index (κ2) is 7.74. The molecule has 0 aromatic rings. The van der Waals surface area contributed by atoms with Gasteiger partial charge in [-0.3, -0.25) is 0 Å². The molecule has 0 amide bonds. The summed E-state index contributed by atoms with van der Waals surface area (Å²) >= 11 is 0. The second-order valence-electron chi connectivity index (χ2n) is 12.1. The zero-order valence-electron chi connectivity index (χ0n) is 20.5. The highest BCUT2D eigenvalue weighted by atomic mass is 30.2. The Labute approximate surface area is 170 Å². The third-order valence-electron chi connectivity index (χ3n) is 8.75. The predicted molar refractivity (Wildman–Crippen MR) is 138 cm³/mol. The van der Waals surface area contributed by atoms with E-state index in [0.29, 0.717) is 10.1 Å². The van der Waals surface area contributed by atoms with E-state index >= 15 is 0 Å². The molecule has 148 valence electrons. The molecule has 0 spiro atoms. The molecular weight excluding hydrogens is 413 g/mol. The molecule has 7 heteroatoms. The van der Waals surface area contributed by atoms with Crippen molar-refractivity contribution < 1.29 is 0 Å². The van der Waals surface area contributed by atoms with Crippen LogP contribution < -0.4 is 0 Å². The minimum Gasteiger partial charge on any atom is -0.0754 e. The third kappa shape index (κ3) is 4.58. The van der Waals surface area contributed by atoms with Crippen LogP contribution in [0.15, 0.2) is 0 Å². The highest BCUT2D eigenvalue weighted by Crippen LogP contribution is 2.47. The monoisotopic (exact) mass is 460 g/mol. The van der Waals surface area contributed by atoms with E-state index in [9.17, 15) is 0 Å². The van der Waals surface area contributed by atoms with E-state index in [2.05, 4.69) is 107 Å². The Morgan fingerprint density at radius 1 is 0.520 bits per heavy atom. The van der Waals surface area contributed by atoms with Crippen LogP contribution in [-0.2, 0) is 0 Å². The normalized spacial score (nSPS) is 19.9. The fourth-order valence-corrected chi connectivity index (χ4v) is 160. The molecule has 0 bridgehead atoms. The first-order valence-corrected chi connectivity index (χ1v) is 33.0. The van der Waals surface area contributed by atoms with Crippen molar-refractivity contribution in [1.29, 1.82) is 0 Å². The molecule has 0 aliphatic carbocycles. The first-order valence-electron chi connectivity index (χ1n) is 10.0. The van der Waals surface area contributed by atoms with Gasteiger partial charge in [0.05, 0.1) is 0 Å². The fourth-order valence-electron chi connectivity index (χ4n) is 3.81. The minimum atomic E-state index is -1.25. The van der Waals surface area contributed by atoms with Crippen molar-refractivity contribution >= 4 is 53.6 Å². The van der Waals surface area contributed by atoms with Crippen molar-refractivity contribution in [1.82, 2.24) is 0 Å². The number of hydrogen-bond acceptors (Lipinski definition) is 0. The summed E-state index contributed by atoms with van der Waals surface area (Å²) in [7, 11) is -1.46. The topological polar surface area (TPSA) is 0 Å². The third-order valence-corrected chi connectivity index (χ3v) is 124. The lowest BCUT2D eigenvalue weighted by molar-refractivity contribution is 0.733. The average Bonchev–Trinajstić information content (AvgIpc) is 2.34. The smallest absolute Gasteiger partial charge is 0.0407 e. The second-order valence-corrected chi connectivity index (χ2v) is 73.9. The Morgan fingerprint density at radius 2 is 0.720 bits per heavy atom. The van der Waals surface area contributed by atoms with Crippen molar-refractivity contribution in [2.24, 2.45) is 0 Å². The summed E-state index contributed by atoms with van der Waals surface area (Å²) in [5.74, 6) is 0. The van der Waals surface area contributed by atoms with E-state index in [4.69, 9.17) is 0 Å². The van der Waals surface area contributed by atoms with Gasteiger partial charge in [0.25, 0.3) is 0 Å². The van der Waals surface area contributed by atoms with E-state index in [1.165, 1.54) is 8.55 Å². The van der Waals surface area contributed by atoms with Crippen LogP contribution in [0.4, 0.5) is 0 Å². The summed E-state index contributed by atoms with van der Waals surface area (Å²) in [5.41, 5.74) is 0. The van der Waals surface area contributed by atoms with Gasteiger partial charge < -0.3 is 0 Å². The van der Waals surface area contributed by atoms with Crippen LogP contribution in [0.25, 0.3) is 0 Å². The van der Waals surface area contributed by atoms with Crippen molar-refractivity contribution in [3.8, 4) is 0 Å². The molecule has 0 aliphatic rings. The maximum Gasteiger partial charge on any atom is 0.0407 e. The Bertz CT molecular complexity index is 415. The maximum atomic E-state index is 2.90. The van der Waals surface area contributed by atoms with Gasteiger partial charge in [0.1, 0.15) is 0 Å². The maximum absolute atomic E-state index is 2.90. The Balaban J connectivity index is 6.47. The van der Waals surface area contributed by atoms with Crippen LogP contribution in [0.3, 0.4) is 0 Å². The van der Waals surface area contributed by atoms with Crippen molar-refractivity contribution in [2.75, 3.05) is 0 Å². The lowest BCUT2D eigenvalue weighted by atomic mass is 10.2. The van der Waals surface area contributed by atoms with Crippen LogP contribution in [0.5, 0.6) is 0 Å². The van der Waals surface area contributed by atoms with Crippen LogP contribution in [0.1, 0.15) is 41.5 Å². The van der Waals surface area contributed by atoms with E-state index in [0.717, 1.165) is 0 Å². The van der Waals surface area contributed by atoms with Crippen LogP contribution in [0, 0.1) is 0 Å². The van der Waals surface area contributed by atoms with Gasteiger partial charge in [-0.1, -0.05) is 107 Å². The van der Waals surface area contributed by atoms with Gasteiger partial charge in [0.2, 0.25) is 0 Å². The molecule has 2 atom stereocenters. The van der Waals surface area contributed by atoms with Crippen LogP contribution in [0.2, 0.25) is 75.5 Å². The Kier molecular flexibility index (Phi) is 8.21. The fraction of sp³-hybridized carbons (Fsp3) is 1.00. The van der Waals surface area contributed by atoms with Crippen LogP contribution >= 0.6 is 0 Å². The zero-order valence-corrected chi connectivity index (χ0v) is 27.5. The molecule has 0 rings (SSSR count). The standard InChI is InChI=1S/C18H48Si7/c1-17(2,3)22(11,12)24(15,20(7)8)19-25(16,21(9)10)23(13,14)18(4,5)6/h1-16H3. The zero-order chi connectivity index (χ0) is 20.9. The predicted octanol–water partition coefficient (Wildman–Crippen LogP) is 6.68. The largest absolute Gasteiger partial charge is 0.0754 e. The van der Waals surface area contributed by atoms with E-state index < -0.39 is 28.4 Å². The summed E-state index contributed by atoms with van der Waals surface area (Å²) < 4.78 is 0. The molecule has 25 heavy (non-hydrogen) atoms. The van der Waals surface area contributed by atoms with Crippen LogP contribution in [-0.4, -0.2) is 53.6 Å². The first-order chi connectivity index (χ1) is 10.6. The van der Waals surface area contributed by atoms with Gasteiger partial charge in [-0.25, -0.2) is 0 Å². The molecule has 0 heterocycles. The summed E-state index contributed by atoms with van der Waals surface area (Å²) in [6, 6.07) is 0. The van der Waals surface area contributed by atoms with Gasteiger partial charge in [-0.15, -0.1) is 0 Å². The Morgan fingerprint density at radius 3 is 0.840 bits per heavy atom. The van der Waals surface area contributed by atoms with E-state index in [1.54, 1.807) is 0 Å². The summed E-state index contributed by atoms with van der Waals surface area (Å²) in [6.07, 6.45) is 0. The van der Waals surface area contributed by atoms with Crippen molar-refractivity contribution in [3.63, 3.8) is 0 Å². The van der Waals surface area contributed by atoms with Gasteiger partial charge in [0, 0.05) is 53.6 Å². The van der Waals surface area contributed by atoms with Crippen molar-refractivity contribution in [3.05, 3.63) is 0 Å². The molecule has 0 aromatic heterocycles. The lowest BCUT2D eigenvalue weighted by Crippen LogP contribution is -2.84. The first kappa shape index (κ1) is 26.5. The summed E-state index contributed by atoms with van der Waals surface area (Å²) in [4.78, 5) is 0. The van der Waals surface area contributed by atoms with Gasteiger partial charge in [0.15, 0.2) is 0 Å². The van der Waals surface area contributed by atoms with Gasteiger partial charge in [-0.05, 0) is 10.1 Å². The molecule has 0 aliphatic heterocycles. The number of rotatable bonds is 6. The minimum absolute atomic E-state index is 0.195. The molecule has 0 saturated carbocycles. The quantitative estimate of drug-likeness (QED) is 0.387. The van der Waals surface area contributed by atoms with E-state index in [1.807, 2.05) is 0 Å². The molecule has 0 nitrogen and oxygen atoms in total. The molecule has 0 N–H and O–H groups in total. The highest BCUT2D eigenvalue weighted by Gasteiger charge is 2.61. The summed E-state index contributed by atoms with van der Waals surface area (Å²) in [6.45, 7) is 40.9. The van der Waals surface area contributed by atoms with Gasteiger partial charge in [-0.2, -0.15) is 0 Å². The summed E-state index contributed by atoms with van der Waals surface area (Å²) in [5, 5.41) is 1.11. The molecule has 4 radical (unpaired) electrons. The highest BCUT2D eigenvalue weighted by molar-refractivity contribution is 7.99. The lowest BCUT2D eigenvalue weighted by Gasteiger charge is -2.59. The molecule has 0 fully saturated rings. The molecule has 0 saturated heterocycles. The molecule has 0 aromatic carbocycles. The van der Waals surface area contributed by atoms with Gasteiger partial charge >= 0.3 is 0 Å². The Hall–Kier alpha value is 1.52. The van der Waals surface area contributed by atoms with E-state index in [-0.39, 0.29) is 16.6 Å². The molecular formula is C18H48Si7.